The highest BCUT2D eigenvalue weighted by Gasteiger charge is 2.31. The summed E-state index contributed by atoms with van der Waals surface area (Å²) in [6.07, 6.45) is -4.47. The second kappa shape index (κ2) is 5.94. The second-order valence-corrected chi connectivity index (χ2v) is 7.14. The van der Waals surface area contributed by atoms with Gasteiger partial charge in [0, 0.05) is 25.7 Å². The molecule has 0 aliphatic carbocycles. The molecule has 2 rings (SSSR count). The maximum Gasteiger partial charge on any atom is 0.416 e. The van der Waals surface area contributed by atoms with Crippen LogP contribution < -0.4 is 5.32 Å². The van der Waals surface area contributed by atoms with Crippen molar-refractivity contribution >= 4 is 10.0 Å². The molecule has 1 aromatic rings. The Balaban J connectivity index is 2.17. The highest BCUT2D eigenvalue weighted by molar-refractivity contribution is 7.88. The molecule has 1 aliphatic rings. The highest BCUT2D eigenvalue weighted by Crippen LogP contribution is 2.30. The largest absolute Gasteiger partial charge is 0.416 e. The Labute approximate surface area is 122 Å². The predicted octanol–water partition coefficient (Wildman–Crippen LogP) is 1.83. The van der Waals surface area contributed by atoms with E-state index in [1.54, 1.807) is 0 Å². The zero-order chi connectivity index (χ0) is 15.7. The van der Waals surface area contributed by atoms with E-state index < -0.39 is 27.5 Å². The number of sulfonamides is 1. The normalized spacial score (nSPS) is 21.4. The molecular weight excluding hydrogens is 305 g/mol. The van der Waals surface area contributed by atoms with Gasteiger partial charge in [0.2, 0.25) is 10.0 Å². The van der Waals surface area contributed by atoms with Crippen LogP contribution in [-0.4, -0.2) is 38.4 Å². The molecule has 0 spiro atoms. The van der Waals surface area contributed by atoms with Crippen molar-refractivity contribution in [2.45, 2.75) is 24.9 Å². The first-order chi connectivity index (χ1) is 9.68. The van der Waals surface area contributed by atoms with Crippen molar-refractivity contribution in [1.82, 2.24) is 9.62 Å². The lowest BCUT2D eigenvalue weighted by Gasteiger charge is -2.31. The summed E-state index contributed by atoms with van der Waals surface area (Å²) >= 11 is 0. The summed E-state index contributed by atoms with van der Waals surface area (Å²) in [6, 6.07) is 4.49. The molecule has 1 aliphatic heterocycles. The van der Waals surface area contributed by atoms with E-state index in [-0.39, 0.29) is 11.6 Å². The van der Waals surface area contributed by atoms with Gasteiger partial charge in [-0.1, -0.05) is 18.2 Å². The Morgan fingerprint density at radius 1 is 1.38 bits per heavy atom. The summed E-state index contributed by atoms with van der Waals surface area (Å²) in [5.41, 5.74) is -0.681. The highest BCUT2D eigenvalue weighted by atomic mass is 32.2. The standard InChI is InChI=1S/C13H17F3N2O2S/c1-10-8-18(6-5-17-10)21(19,20)9-11-3-2-4-12(7-11)13(14,15)16/h2-4,7,10,17H,5-6,8-9H2,1H3. The summed E-state index contributed by atoms with van der Waals surface area (Å²) in [5, 5.41) is 3.12. The van der Waals surface area contributed by atoms with E-state index in [0.717, 1.165) is 12.1 Å². The predicted molar refractivity (Wildman–Crippen MR) is 73.1 cm³/mol. The molecule has 1 unspecified atom stereocenters. The average molecular weight is 322 g/mol. The molecule has 1 fully saturated rings. The van der Waals surface area contributed by atoms with Gasteiger partial charge >= 0.3 is 6.18 Å². The molecule has 0 bridgehead atoms. The van der Waals surface area contributed by atoms with Gasteiger partial charge in [-0.05, 0) is 18.6 Å². The van der Waals surface area contributed by atoms with Crippen molar-refractivity contribution in [2.75, 3.05) is 19.6 Å². The first-order valence-corrected chi connectivity index (χ1v) is 8.17. The Morgan fingerprint density at radius 3 is 2.71 bits per heavy atom. The first kappa shape index (κ1) is 16.3. The summed E-state index contributed by atoms with van der Waals surface area (Å²) in [4.78, 5) is 0. The smallest absolute Gasteiger partial charge is 0.312 e. The maximum absolute atomic E-state index is 12.6. The van der Waals surface area contributed by atoms with Crippen molar-refractivity contribution in [3.05, 3.63) is 35.4 Å². The number of rotatable bonds is 3. The van der Waals surface area contributed by atoms with Crippen LogP contribution in [0.2, 0.25) is 0 Å². The maximum atomic E-state index is 12.6. The van der Waals surface area contributed by atoms with Crippen molar-refractivity contribution in [3.8, 4) is 0 Å². The number of nitrogens with zero attached hydrogens (tertiary/aromatic N) is 1. The molecule has 21 heavy (non-hydrogen) atoms. The lowest BCUT2D eigenvalue weighted by atomic mass is 10.1. The van der Waals surface area contributed by atoms with Crippen LogP contribution in [0, 0.1) is 0 Å². The number of piperazine rings is 1. The Kier molecular flexibility index (Phi) is 4.60. The lowest BCUT2D eigenvalue weighted by molar-refractivity contribution is -0.137. The van der Waals surface area contributed by atoms with Crippen molar-refractivity contribution < 1.29 is 21.6 Å². The Morgan fingerprint density at radius 2 is 2.10 bits per heavy atom. The van der Waals surface area contributed by atoms with E-state index in [2.05, 4.69) is 5.32 Å². The molecule has 1 heterocycles. The van der Waals surface area contributed by atoms with Gasteiger partial charge in [-0.15, -0.1) is 0 Å². The summed E-state index contributed by atoms with van der Waals surface area (Å²) in [7, 11) is -3.61. The number of halogens is 3. The molecule has 118 valence electrons. The van der Waals surface area contributed by atoms with E-state index in [9.17, 15) is 21.6 Å². The van der Waals surface area contributed by atoms with E-state index in [1.165, 1.54) is 16.4 Å². The number of hydrogen-bond acceptors (Lipinski definition) is 3. The van der Waals surface area contributed by atoms with Crippen LogP contribution in [-0.2, 0) is 22.0 Å². The Bertz CT molecular complexity index is 602. The van der Waals surface area contributed by atoms with Gasteiger partial charge in [-0.3, -0.25) is 0 Å². The van der Waals surface area contributed by atoms with Gasteiger partial charge in [-0.25, -0.2) is 8.42 Å². The minimum Gasteiger partial charge on any atom is -0.312 e. The van der Waals surface area contributed by atoms with Crippen LogP contribution in [0.5, 0.6) is 0 Å². The summed E-state index contributed by atoms with van der Waals surface area (Å²) in [6.45, 7) is 3.09. The van der Waals surface area contributed by atoms with E-state index in [1.807, 2.05) is 6.92 Å². The minimum atomic E-state index is -4.47. The fourth-order valence-electron chi connectivity index (χ4n) is 2.29. The van der Waals surface area contributed by atoms with Crippen LogP contribution >= 0.6 is 0 Å². The third-order valence-electron chi connectivity index (χ3n) is 3.33. The third kappa shape index (κ3) is 4.18. The van der Waals surface area contributed by atoms with Gasteiger partial charge < -0.3 is 5.32 Å². The second-order valence-electron chi connectivity index (χ2n) is 5.17. The lowest BCUT2D eigenvalue weighted by Crippen LogP contribution is -2.51. The molecular formula is C13H17F3N2O2S. The number of hydrogen-bond donors (Lipinski definition) is 1. The summed E-state index contributed by atoms with van der Waals surface area (Å²) in [5.74, 6) is -0.413. The molecule has 1 atom stereocenters. The molecule has 0 radical (unpaired) electrons. The molecule has 0 aromatic heterocycles. The molecule has 1 aromatic carbocycles. The van der Waals surface area contributed by atoms with Crippen LogP contribution in [0.1, 0.15) is 18.1 Å². The Hall–Kier alpha value is -1.12. The average Bonchev–Trinajstić information content (AvgIpc) is 2.37. The third-order valence-corrected chi connectivity index (χ3v) is 5.14. The first-order valence-electron chi connectivity index (χ1n) is 6.56. The van der Waals surface area contributed by atoms with Crippen molar-refractivity contribution in [3.63, 3.8) is 0 Å². The van der Waals surface area contributed by atoms with Crippen molar-refractivity contribution in [2.24, 2.45) is 0 Å². The topological polar surface area (TPSA) is 49.4 Å². The molecule has 1 N–H and O–H groups in total. The fraction of sp³-hybridized carbons (Fsp3) is 0.538. The van der Waals surface area contributed by atoms with E-state index >= 15 is 0 Å². The van der Waals surface area contributed by atoms with Crippen LogP contribution in [0.4, 0.5) is 13.2 Å². The van der Waals surface area contributed by atoms with Crippen LogP contribution in [0.25, 0.3) is 0 Å². The van der Waals surface area contributed by atoms with Gasteiger partial charge in [0.05, 0.1) is 11.3 Å². The molecule has 1 saturated heterocycles. The van der Waals surface area contributed by atoms with Gasteiger partial charge in [0.1, 0.15) is 0 Å². The van der Waals surface area contributed by atoms with Crippen molar-refractivity contribution in [1.29, 1.82) is 0 Å². The zero-order valence-electron chi connectivity index (χ0n) is 11.5. The van der Waals surface area contributed by atoms with E-state index in [0.29, 0.717) is 19.6 Å². The molecule has 8 heteroatoms. The molecule has 4 nitrogen and oxygen atoms in total. The van der Waals surface area contributed by atoms with Crippen LogP contribution in [0.15, 0.2) is 24.3 Å². The number of alkyl halides is 3. The number of benzene rings is 1. The molecule has 0 amide bonds. The minimum absolute atomic E-state index is 0.0371. The molecule has 0 saturated carbocycles. The monoisotopic (exact) mass is 322 g/mol. The number of nitrogens with one attached hydrogen (secondary N) is 1. The van der Waals surface area contributed by atoms with Gasteiger partial charge in [0.15, 0.2) is 0 Å². The quantitative estimate of drug-likeness (QED) is 0.924. The fourth-order valence-corrected chi connectivity index (χ4v) is 3.89. The summed E-state index contributed by atoms with van der Waals surface area (Å²) < 4.78 is 63.8. The van der Waals surface area contributed by atoms with E-state index in [4.69, 9.17) is 0 Å². The van der Waals surface area contributed by atoms with Crippen LogP contribution in [0.3, 0.4) is 0 Å². The zero-order valence-corrected chi connectivity index (χ0v) is 12.3. The van der Waals surface area contributed by atoms with Gasteiger partial charge in [-0.2, -0.15) is 17.5 Å². The van der Waals surface area contributed by atoms with Gasteiger partial charge in [0.25, 0.3) is 0 Å². The SMILES string of the molecule is CC1CN(S(=O)(=O)Cc2cccc(C(F)(F)F)c2)CCN1.